The first-order chi connectivity index (χ1) is 12.9. The molecule has 2 rings (SSSR count). The molecule has 7 nitrogen and oxygen atoms in total. The van der Waals surface area contributed by atoms with Crippen molar-refractivity contribution >= 4 is 39.8 Å². The molecule has 1 saturated heterocycles. The Balaban J connectivity index is 0.00000392. The van der Waals surface area contributed by atoms with Gasteiger partial charge in [-0.3, -0.25) is 9.89 Å². The van der Waals surface area contributed by atoms with Crippen molar-refractivity contribution in [3.63, 3.8) is 0 Å². The van der Waals surface area contributed by atoms with Gasteiger partial charge in [-0.25, -0.2) is 12.8 Å². The summed E-state index contributed by atoms with van der Waals surface area (Å²) in [6.45, 7) is 6.29. The largest absolute Gasteiger partial charge is 0.379 e. The number of aliphatic imine (C=N–C) groups is 1. The van der Waals surface area contributed by atoms with Gasteiger partial charge < -0.3 is 15.4 Å². The third-order valence-corrected chi connectivity index (χ3v) is 5.22. The minimum Gasteiger partial charge on any atom is -0.379 e. The molecule has 10 heteroatoms. The number of nitrogens with one attached hydrogen (secondary N) is 2. The van der Waals surface area contributed by atoms with Crippen molar-refractivity contribution in [1.29, 1.82) is 0 Å². The van der Waals surface area contributed by atoms with Crippen LogP contribution in [0.1, 0.15) is 18.5 Å². The van der Waals surface area contributed by atoms with Gasteiger partial charge in [-0.1, -0.05) is 12.1 Å². The van der Waals surface area contributed by atoms with Crippen LogP contribution in [0.4, 0.5) is 4.39 Å². The summed E-state index contributed by atoms with van der Waals surface area (Å²) in [5.41, 5.74) is 0.994. The van der Waals surface area contributed by atoms with Crippen LogP contribution in [-0.2, 0) is 14.6 Å². The Morgan fingerprint density at radius 3 is 2.46 bits per heavy atom. The fourth-order valence-corrected chi connectivity index (χ4v) is 3.35. The Bertz CT molecular complexity index is 710. The van der Waals surface area contributed by atoms with Gasteiger partial charge in [0.2, 0.25) is 0 Å². The molecule has 1 aliphatic rings. The SMILES string of the molecule is CCNC(=NCC(c1ccc(F)cc1)N1CCOCC1)NCCS(C)(=O)=O.I. The lowest BCUT2D eigenvalue weighted by Crippen LogP contribution is -2.42. The number of morpholine rings is 1. The van der Waals surface area contributed by atoms with E-state index in [9.17, 15) is 12.8 Å². The molecule has 0 amide bonds. The van der Waals surface area contributed by atoms with Gasteiger partial charge >= 0.3 is 0 Å². The molecule has 1 atom stereocenters. The van der Waals surface area contributed by atoms with Crippen LogP contribution in [0.3, 0.4) is 0 Å². The number of guanidine groups is 1. The lowest BCUT2D eigenvalue weighted by molar-refractivity contribution is 0.0179. The zero-order valence-corrected chi connectivity index (χ0v) is 19.5. The van der Waals surface area contributed by atoms with Gasteiger partial charge in [0.25, 0.3) is 0 Å². The van der Waals surface area contributed by atoms with Crippen molar-refractivity contribution in [2.75, 3.05) is 57.9 Å². The predicted octanol–water partition coefficient (Wildman–Crippen LogP) is 1.42. The molecular formula is C18H30FIN4O3S. The Kier molecular flexibility index (Phi) is 11.2. The maximum absolute atomic E-state index is 13.3. The van der Waals surface area contributed by atoms with Crippen LogP contribution in [-0.4, -0.2) is 77.2 Å². The maximum atomic E-state index is 13.3. The van der Waals surface area contributed by atoms with Crippen LogP contribution >= 0.6 is 24.0 Å². The van der Waals surface area contributed by atoms with E-state index in [0.717, 1.165) is 18.7 Å². The number of sulfone groups is 1. The topological polar surface area (TPSA) is 83.0 Å². The molecule has 0 bridgehead atoms. The van der Waals surface area contributed by atoms with Crippen LogP contribution in [0.5, 0.6) is 0 Å². The molecule has 0 aliphatic carbocycles. The van der Waals surface area contributed by atoms with Gasteiger partial charge in [0.05, 0.1) is 31.6 Å². The second kappa shape index (κ2) is 12.6. The Morgan fingerprint density at radius 1 is 1.25 bits per heavy atom. The van der Waals surface area contributed by atoms with Crippen molar-refractivity contribution in [2.45, 2.75) is 13.0 Å². The Labute approximate surface area is 184 Å². The molecular weight excluding hydrogens is 498 g/mol. The summed E-state index contributed by atoms with van der Waals surface area (Å²) in [4.78, 5) is 6.91. The molecule has 1 unspecified atom stereocenters. The van der Waals surface area contributed by atoms with E-state index < -0.39 is 9.84 Å². The first-order valence-corrected chi connectivity index (χ1v) is 11.2. The number of ether oxygens (including phenoxy) is 1. The first kappa shape index (κ1) is 25.1. The van der Waals surface area contributed by atoms with Gasteiger partial charge in [0.15, 0.2) is 5.96 Å². The zero-order valence-electron chi connectivity index (χ0n) is 16.4. The summed E-state index contributed by atoms with van der Waals surface area (Å²) >= 11 is 0. The number of nitrogens with zero attached hydrogens (tertiary/aromatic N) is 2. The van der Waals surface area contributed by atoms with Crippen molar-refractivity contribution in [2.24, 2.45) is 4.99 Å². The molecule has 0 saturated carbocycles. The first-order valence-electron chi connectivity index (χ1n) is 9.16. The minimum atomic E-state index is -3.03. The second-order valence-corrected chi connectivity index (χ2v) is 8.75. The van der Waals surface area contributed by atoms with Crippen LogP contribution in [0, 0.1) is 5.82 Å². The molecule has 28 heavy (non-hydrogen) atoms. The van der Waals surface area contributed by atoms with Gasteiger partial charge in [0, 0.05) is 32.4 Å². The number of hydrogen-bond acceptors (Lipinski definition) is 5. The highest BCUT2D eigenvalue weighted by molar-refractivity contribution is 14.0. The summed E-state index contributed by atoms with van der Waals surface area (Å²) < 4.78 is 41.4. The van der Waals surface area contributed by atoms with Crippen LogP contribution < -0.4 is 10.6 Å². The zero-order chi connectivity index (χ0) is 19.7. The van der Waals surface area contributed by atoms with Crippen LogP contribution in [0.25, 0.3) is 0 Å². The van der Waals surface area contributed by atoms with E-state index in [2.05, 4.69) is 20.5 Å². The Hall–Kier alpha value is -0.980. The van der Waals surface area contributed by atoms with Crippen molar-refractivity contribution in [3.05, 3.63) is 35.6 Å². The summed E-state index contributed by atoms with van der Waals surface area (Å²) in [5.74, 6) is 0.350. The minimum absolute atomic E-state index is 0. The highest BCUT2D eigenvalue weighted by atomic mass is 127. The van der Waals surface area contributed by atoms with Crippen molar-refractivity contribution in [3.8, 4) is 0 Å². The lowest BCUT2D eigenvalue weighted by Gasteiger charge is -2.34. The summed E-state index contributed by atoms with van der Waals surface area (Å²) in [5, 5.41) is 6.18. The fourth-order valence-electron chi connectivity index (χ4n) is 2.88. The lowest BCUT2D eigenvalue weighted by atomic mass is 10.0. The Morgan fingerprint density at radius 2 is 1.89 bits per heavy atom. The molecule has 1 aromatic rings. The normalized spacial score (nSPS) is 16.9. The summed E-state index contributed by atoms with van der Waals surface area (Å²) in [7, 11) is -3.03. The molecule has 1 fully saturated rings. The highest BCUT2D eigenvalue weighted by Crippen LogP contribution is 2.22. The summed E-state index contributed by atoms with van der Waals surface area (Å²) in [6, 6.07) is 6.49. The van der Waals surface area contributed by atoms with Crippen molar-refractivity contribution < 1.29 is 17.5 Å². The number of benzene rings is 1. The molecule has 2 N–H and O–H groups in total. The van der Waals surface area contributed by atoms with Crippen LogP contribution in [0.2, 0.25) is 0 Å². The number of halogens is 2. The highest BCUT2D eigenvalue weighted by Gasteiger charge is 2.22. The number of rotatable bonds is 8. The fraction of sp³-hybridized carbons (Fsp3) is 0.611. The summed E-state index contributed by atoms with van der Waals surface area (Å²) in [6.07, 6.45) is 1.21. The van der Waals surface area contributed by atoms with E-state index in [1.165, 1.54) is 18.4 Å². The van der Waals surface area contributed by atoms with E-state index in [-0.39, 0.29) is 41.6 Å². The number of hydrogen-bond donors (Lipinski definition) is 2. The van der Waals surface area contributed by atoms with Crippen LogP contribution in [0.15, 0.2) is 29.3 Å². The third kappa shape index (κ3) is 9.01. The third-order valence-electron chi connectivity index (χ3n) is 4.27. The molecule has 1 aliphatic heterocycles. The molecule has 0 spiro atoms. The predicted molar refractivity (Wildman–Crippen MR) is 121 cm³/mol. The van der Waals surface area contributed by atoms with Crippen molar-refractivity contribution in [1.82, 2.24) is 15.5 Å². The van der Waals surface area contributed by atoms with Gasteiger partial charge in [-0.15, -0.1) is 24.0 Å². The molecule has 1 aromatic carbocycles. The van der Waals surface area contributed by atoms with Gasteiger partial charge in [0.1, 0.15) is 15.7 Å². The van der Waals surface area contributed by atoms with E-state index in [1.807, 2.05) is 6.92 Å². The standard InChI is InChI=1S/C18H29FN4O3S.HI/c1-3-20-18(21-8-13-27(2,24)25)22-14-17(23-9-11-26-12-10-23)15-4-6-16(19)7-5-15;/h4-7,17H,3,8-14H2,1-2H3,(H2,20,21,22);1H. The van der Waals surface area contributed by atoms with Gasteiger partial charge in [-0.2, -0.15) is 0 Å². The van der Waals surface area contributed by atoms with E-state index in [1.54, 1.807) is 12.1 Å². The molecule has 0 radical (unpaired) electrons. The van der Waals surface area contributed by atoms with E-state index in [4.69, 9.17) is 4.74 Å². The second-order valence-electron chi connectivity index (χ2n) is 6.49. The quantitative estimate of drug-likeness (QED) is 0.302. The van der Waals surface area contributed by atoms with E-state index >= 15 is 0 Å². The monoisotopic (exact) mass is 528 g/mol. The molecule has 160 valence electrons. The molecule has 1 heterocycles. The van der Waals surface area contributed by atoms with Gasteiger partial charge in [-0.05, 0) is 24.6 Å². The molecule has 0 aromatic heterocycles. The average Bonchev–Trinajstić information content (AvgIpc) is 2.63. The maximum Gasteiger partial charge on any atom is 0.191 e. The smallest absolute Gasteiger partial charge is 0.191 e. The van der Waals surface area contributed by atoms with E-state index in [0.29, 0.717) is 38.8 Å². The average molecular weight is 528 g/mol.